The van der Waals surface area contributed by atoms with Crippen molar-refractivity contribution in [3.8, 4) is 0 Å². The van der Waals surface area contributed by atoms with Crippen LogP contribution < -0.4 is 10.6 Å². The van der Waals surface area contributed by atoms with Gasteiger partial charge in [-0.25, -0.2) is 4.68 Å². The van der Waals surface area contributed by atoms with Crippen LogP contribution >= 0.6 is 0 Å². The Morgan fingerprint density at radius 3 is 2.40 bits per heavy atom. The van der Waals surface area contributed by atoms with Gasteiger partial charge >= 0.3 is 0 Å². The van der Waals surface area contributed by atoms with E-state index in [-0.39, 0.29) is 24.3 Å². The summed E-state index contributed by atoms with van der Waals surface area (Å²) in [6.07, 6.45) is 1.94. The Morgan fingerprint density at radius 1 is 1.00 bits per heavy atom. The number of nitrogens with one attached hydrogen (secondary N) is 2. The van der Waals surface area contributed by atoms with Crippen LogP contribution in [0.15, 0.2) is 48.5 Å². The van der Waals surface area contributed by atoms with Crippen molar-refractivity contribution in [2.75, 3.05) is 10.6 Å². The lowest BCUT2D eigenvalue weighted by Crippen LogP contribution is -2.19. The fraction of sp³-hybridized carbons (Fsp3) is 0.222. The molecule has 3 aromatic rings. The lowest BCUT2D eigenvalue weighted by Gasteiger charge is -2.08. The molecule has 0 aliphatic heterocycles. The summed E-state index contributed by atoms with van der Waals surface area (Å²) < 4.78 is 1.56. The zero-order valence-corrected chi connectivity index (χ0v) is 13.5. The molecule has 4 rings (SSSR count). The lowest BCUT2D eigenvalue weighted by molar-refractivity contribution is -0.117. The Balaban J connectivity index is 1.38. The molecule has 0 atom stereocenters. The summed E-state index contributed by atoms with van der Waals surface area (Å²) in [6, 6.07) is 14.6. The summed E-state index contributed by atoms with van der Waals surface area (Å²) in [5.74, 6) is 0.0390. The molecule has 0 spiro atoms. The number of anilines is 2. The molecule has 1 fully saturated rings. The number of aromatic nitrogens is 3. The van der Waals surface area contributed by atoms with Gasteiger partial charge in [0.05, 0.1) is 5.52 Å². The Kier molecular flexibility index (Phi) is 3.89. The van der Waals surface area contributed by atoms with Gasteiger partial charge in [0, 0.05) is 17.3 Å². The number of carbonyl (C=O) groups excluding carboxylic acids is 2. The Hall–Kier alpha value is -3.22. The Bertz CT molecular complexity index is 928. The molecule has 0 bridgehead atoms. The Labute approximate surface area is 144 Å². The summed E-state index contributed by atoms with van der Waals surface area (Å²) >= 11 is 0. The van der Waals surface area contributed by atoms with Gasteiger partial charge in [-0.15, -0.1) is 5.10 Å². The first-order chi connectivity index (χ1) is 12.2. The van der Waals surface area contributed by atoms with E-state index in [4.69, 9.17) is 0 Å². The highest BCUT2D eigenvalue weighted by atomic mass is 16.2. The molecule has 2 aromatic carbocycles. The first-order valence-electron chi connectivity index (χ1n) is 8.18. The van der Waals surface area contributed by atoms with Gasteiger partial charge in [-0.2, -0.15) is 0 Å². The van der Waals surface area contributed by atoms with Crippen molar-refractivity contribution in [2.24, 2.45) is 5.92 Å². The number of amides is 2. The van der Waals surface area contributed by atoms with Crippen LogP contribution in [0, 0.1) is 5.92 Å². The number of fused-ring (bicyclic) bond motifs is 1. The first kappa shape index (κ1) is 15.3. The van der Waals surface area contributed by atoms with E-state index in [1.54, 1.807) is 28.9 Å². The van der Waals surface area contributed by atoms with E-state index in [9.17, 15) is 9.59 Å². The molecule has 2 N–H and O–H groups in total. The SMILES string of the molecule is O=C(Cn1nnc2ccccc21)Nc1ccc(NC(=O)C2CC2)cc1. The molecular formula is C18H17N5O2. The second-order valence-corrected chi connectivity index (χ2v) is 6.12. The molecule has 126 valence electrons. The van der Waals surface area contributed by atoms with E-state index in [0.717, 1.165) is 29.6 Å². The van der Waals surface area contributed by atoms with E-state index in [0.29, 0.717) is 5.69 Å². The number of carbonyl (C=O) groups is 2. The zero-order chi connectivity index (χ0) is 17.2. The molecule has 1 saturated carbocycles. The van der Waals surface area contributed by atoms with Crippen molar-refractivity contribution < 1.29 is 9.59 Å². The highest BCUT2D eigenvalue weighted by molar-refractivity contribution is 5.95. The monoisotopic (exact) mass is 335 g/mol. The van der Waals surface area contributed by atoms with E-state index >= 15 is 0 Å². The third-order valence-corrected chi connectivity index (χ3v) is 4.10. The molecule has 7 nitrogen and oxygen atoms in total. The van der Waals surface area contributed by atoms with Crippen LogP contribution in [0.3, 0.4) is 0 Å². The number of para-hydroxylation sites is 1. The minimum Gasteiger partial charge on any atom is -0.326 e. The largest absolute Gasteiger partial charge is 0.326 e. The van der Waals surface area contributed by atoms with Crippen LogP contribution in [0.25, 0.3) is 11.0 Å². The average Bonchev–Trinajstić information content (AvgIpc) is 3.40. The van der Waals surface area contributed by atoms with Crippen LogP contribution in [0.2, 0.25) is 0 Å². The van der Waals surface area contributed by atoms with Gasteiger partial charge in [-0.05, 0) is 49.2 Å². The lowest BCUT2D eigenvalue weighted by atomic mass is 10.2. The maximum Gasteiger partial charge on any atom is 0.246 e. The summed E-state index contributed by atoms with van der Waals surface area (Å²) in [5.41, 5.74) is 2.97. The summed E-state index contributed by atoms with van der Waals surface area (Å²) in [6.45, 7) is 0.0840. The Morgan fingerprint density at radius 2 is 1.68 bits per heavy atom. The molecule has 1 aromatic heterocycles. The van der Waals surface area contributed by atoms with Gasteiger partial charge in [0.25, 0.3) is 0 Å². The van der Waals surface area contributed by atoms with Crippen LogP contribution in [-0.2, 0) is 16.1 Å². The summed E-state index contributed by atoms with van der Waals surface area (Å²) in [5, 5.41) is 13.7. The minimum atomic E-state index is -0.189. The predicted octanol–water partition coefficient (Wildman–Crippen LogP) is 2.42. The van der Waals surface area contributed by atoms with Crippen LogP contribution in [0.4, 0.5) is 11.4 Å². The van der Waals surface area contributed by atoms with Gasteiger partial charge in [0.1, 0.15) is 12.1 Å². The second-order valence-electron chi connectivity index (χ2n) is 6.12. The fourth-order valence-electron chi connectivity index (χ4n) is 2.60. The smallest absolute Gasteiger partial charge is 0.246 e. The molecular weight excluding hydrogens is 318 g/mol. The number of hydrogen-bond donors (Lipinski definition) is 2. The van der Waals surface area contributed by atoms with E-state index in [2.05, 4.69) is 20.9 Å². The highest BCUT2D eigenvalue weighted by Crippen LogP contribution is 2.30. The number of rotatable bonds is 5. The zero-order valence-electron chi connectivity index (χ0n) is 13.5. The van der Waals surface area contributed by atoms with Crippen molar-refractivity contribution in [3.63, 3.8) is 0 Å². The quantitative estimate of drug-likeness (QED) is 0.749. The van der Waals surface area contributed by atoms with Crippen molar-refractivity contribution in [1.82, 2.24) is 15.0 Å². The first-order valence-corrected chi connectivity index (χ1v) is 8.18. The maximum atomic E-state index is 12.2. The van der Waals surface area contributed by atoms with Crippen molar-refractivity contribution in [3.05, 3.63) is 48.5 Å². The summed E-state index contributed by atoms with van der Waals surface area (Å²) in [7, 11) is 0. The molecule has 1 aliphatic carbocycles. The van der Waals surface area contributed by atoms with E-state index < -0.39 is 0 Å². The number of hydrogen-bond acceptors (Lipinski definition) is 4. The molecule has 0 unspecified atom stereocenters. The van der Waals surface area contributed by atoms with Gasteiger partial charge in [0.2, 0.25) is 11.8 Å². The standard InChI is InChI=1S/C18H17N5O2/c24-17(11-23-16-4-2-1-3-15(16)21-22-23)19-13-7-9-14(10-8-13)20-18(25)12-5-6-12/h1-4,7-10,12H,5-6,11H2,(H,19,24)(H,20,25). The van der Waals surface area contributed by atoms with Gasteiger partial charge < -0.3 is 10.6 Å². The van der Waals surface area contributed by atoms with Crippen LogP contribution in [0.1, 0.15) is 12.8 Å². The second kappa shape index (κ2) is 6.35. The molecule has 25 heavy (non-hydrogen) atoms. The number of nitrogens with zero attached hydrogens (tertiary/aromatic N) is 3. The molecule has 0 saturated heterocycles. The van der Waals surface area contributed by atoms with Gasteiger partial charge in [-0.3, -0.25) is 9.59 Å². The van der Waals surface area contributed by atoms with E-state index in [1.165, 1.54) is 0 Å². The van der Waals surface area contributed by atoms with Gasteiger partial charge in [0.15, 0.2) is 0 Å². The molecule has 1 heterocycles. The molecule has 7 heteroatoms. The normalized spacial score (nSPS) is 13.6. The van der Waals surface area contributed by atoms with E-state index in [1.807, 2.05) is 24.3 Å². The average molecular weight is 335 g/mol. The van der Waals surface area contributed by atoms with Crippen molar-refractivity contribution >= 4 is 34.2 Å². The van der Waals surface area contributed by atoms with Crippen LogP contribution in [-0.4, -0.2) is 26.8 Å². The topological polar surface area (TPSA) is 88.9 Å². The van der Waals surface area contributed by atoms with Crippen molar-refractivity contribution in [1.29, 1.82) is 0 Å². The minimum absolute atomic E-state index is 0.0647. The van der Waals surface area contributed by atoms with Gasteiger partial charge in [-0.1, -0.05) is 17.3 Å². The maximum absolute atomic E-state index is 12.2. The van der Waals surface area contributed by atoms with Crippen molar-refractivity contribution in [2.45, 2.75) is 19.4 Å². The molecule has 0 radical (unpaired) electrons. The molecule has 1 aliphatic rings. The van der Waals surface area contributed by atoms with Crippen LogP contribution in [0.5, 0.6) is 0 Å². The highest BCUT2D eigenvalue weighted by Gasteiger charge is 2.29. The predicted molar refractivity (Wildman–Crippen MR) is 94.0 cm³/mol. The summed E-state index contributed by atoms with van der Waals surface area (Å²) in [4.78, 5) is 23.9. The number of benzene rings is 2. The third kappa shape index (κ3) is 3.50. The molecule has 2 amide bonds. The fourth-order valence-corrected chi connectivity index (χ4v) is 2.60. The third-order valence-electron chi connectivity index (χ3n) is 4.10.